The molecule has 0 aliphatic carbocycles. The molecule has 3 nitrogen and oxygen atoms in total. The number of nitrogens with one attached hydrogen (secondary N) is 2. The van der Waals surface area contributed by atoms with Gasteiger partial charge in [-0.25, -0.2) is 0 Å². The quantitative estimate of drug-likeness (QED) is 0.701. The van der Waals surface area contributed by atoms with E-state index in [1.165, 1.54) is 22.2 Å². The Bertz CT molecular complexity index is 870. The normalized spacial score (nSPS) is 16.5. The Balaban J connectivity index is 0.00000169. The minimum atomic E-state index is 0. The number of Topliss-reactive ketones (excluding diaryl/α,β-unsaturated/α-hetero) is 1. The van der Waals surface area contributed by atoms with Gasteiger partial charge in [0, 0.05) is 22.2 Å². The van der Waals surface area contributed by atoms with Gasteiger partial charge in [-0.15, -0.1) is 12.4 Å². The molecule has 124 valence electrons. The molecule has 0 amide bonds. The summed E-state index contributed by atoms with van der Waals surface area (Å²) in [5, 5.41) is 4.83. The van der Waals surface area contributed by atoms with E-state index in [0.29, 0.717) is 6.04 Å². The molecule has 0 radical (unpaired) electrons. The lowest BCUT2D eigenvalue weighted by Gasteiger charge is -2.24. The maximum Gasteiger partial charge on any atom is 0.159 e. The molecule has 24 heavy (non-hydrogen) atoms. The van der Waals surface area contributed by atoms with Crippen molar-refractivity contribution in [2.75, 3.05) is 6.54 Å². The molecular formula is C20H21ClN2O. The Morgan fingerprint density at radius 1 is 1.17 bits per heavy atom. The first-order valence-corrected chi connectivity index (χ1v) is 8.15. The molecule has 1 unspecified atom stereocenters. The van der Waals surface area contributed by atoms with Gasteiger partial charge in [-0.3, -0.25) is 4.79 Å². The Hall–Kier alpha value is -2.10. The first kappa shape index (κ1) is 16.7. The van der Waals surface area contributed by atoms with Crippen LogP contribution in [0.15, 0.2) is 48.5 Å². The van der Waals surface area contributed by atoms with Crippen molar-refractivity contribution in [1.82, 2.24) is 10.3 Å². The minimum absolute atomic E-state index is 0. The van der Waals surface area contributed by atoms with Gasteiger partial charge in [0.15, 0.2) is 5.78 Å². The lowest BCUT2D eigenvalue weighted by Crippen LogP contribution is -2.31. The Kier molecular flexibility index (Phi) is 4.74. The third-order valence-corrected chi connectivity index (χ3v) is 4.74. The zero-order valence-electron chi connectivity index (χ0n) is 13.6. The molecule has 2 aromatic carbocycles. The smallest absolute Gasteiger partial charge is 0.159 e. The van der Waals surface area contributed by atoms with Crippen LogP contribution in [-0.4, -0.2) is 17.3 Å². The second kappa shape index (κ2) is 6.80. The molecule has 0 bridgehead atoms. The molecule has 1 aliphatic heterocycles. The zero-order valence-corrected chi connectivity index (χ0v) is 14.5. The molecule has 4 rings (SSSR count). The minimum Gasteiger partial charge on any atom is -0.357 e. The summed E-state index contributed by atoms with van der Waals surface area (Å²) in [5.74, 6) is 0.122. The monoisotopic (exact) mass is 340 g/mol. The lowest BCUT2D eigenvalue weighted by atomic mass is 9.94. The second-order valence-electron chi connectivity index (χ2n) is 6.28. The first-order chi connectivity index (χ1) is 11.2. The van der Waals surface area contributed by atoms with Crippen LogP contribution in [0.3, 0.4) is 0 Å². The summed E-state index contributed by atoms with van der Waals surface area (Å²) in [6.07, 6.45) is 1.97. The predicted octanol–water partition coefficient (Wildman–Crippen LogP) is 4.22. The summed E-state index contributed by atoms with van der Waals surface area (Å²) in [7, 11) is 0. The number of aromatic nitrogens is 1. The zero-order chi connectivity index (χ0) is 15.8. The summed E-state index contributed by atoms with van der Waals surface area (Å²) in [6.45, 7) is 2.60. The molecule has 1 aromatic heterocycles. The number of aromatic amines is 1. The third kappa shape index (κ3) is 2.97. The van der Waals surface area contributed by atoms with Crippen molar-refractivity contribution in [3.8, 4) is 0 Å². The van der Waals surface area contributed by atoms with Gasteiger partial charge in [-0.05, 0) is 55.6 Å². The van der Waals surface area contributed by atoms with E-state index in [1.54, 1.807) is 6.92 Å². The van der Waals surface area contributed by atoms with Gasteiger partial charge in [0.25, 0.3) is 0 Å². The molecule has 0 spiro atoms. The van der Waals surface area contributed by atoms with Crippen LogP contribution in [0, 0.1) is 0 Å². The fourth-order valence-electron chi connectivity index (χ4n) is 3.55. The number of hydrogen-bond acceptors (Lipinski definition) is 2. The van der Waals surface area contributed by atoms with Crippen LogP contribution in [0.4, 0.5) is 0 Å². The van der Waals surface area contributed by atoms with Crippen molar-refractivity contribution < 1.29 is 4.79 Å². The van der Waals surface area contributed by atoms with E-state index in [0.717, 1.165) is 30.5 Å². The van der Waals surface area contributed by atoms with E-state index < -0.39 is 0 Å². The first-order valence-electron chi connectivity index (χ1n) is 8.15. The van der Waals surface area contributed by atoms with Crippen molar-refractivity contribution in [3.63, 3.8) is 0 Å². The van der Waals surface area contributed by atoms with Crippen LogP contribution in [-0.2, 0) is 12.8 Å². The number of fused-ring (bicyclic) bond motifs is 3. The number of ketones is 1. The molecule has 2 N–H and O–H groups in total. The van der Waals surface area contributed by atoms with Gasteiger partial charge in [0.05, 0.1) is 6.04 Å². The molecule has 4 heteroatoms. The summed E-state index contributed by atoms with van der Waals surface area (Å²) >= 11 is 0. The van der Waals surface area contributed by atoms with Gasteiger partial charge in [0.1, 0.15) is 0 Å². The average Bonchev–Trinajstić information content (AvgIpc) is 2.95. The molecule has 1 aliphatic rings. The van der Waals surface area contributed by atoms with Gasteiger partial charge in [0.2, 0.25) is 0 Å². The topological polar surface area (TPSA) is 44.9 Å². The van der Waals surface area contributed by atoms with E-state index in [-0.39, 0.29) is 18.2 Å². The largest absolute Gasteiger partial charge is 0.357 e. The highest BCUT2D eigenvalue weighted by atomic mass is 35.5. The Labute approximate surface area is 147 Å². The van der Waals surface area contributed by atoms with Crippen LogP contribution in [0.5, 0.6) is 0 Å². The number of H-pyrrole nitrogens is 1. The molecule has 3 aromatic rings. The highest BCUT2D eigenvalue weighted by Gasteiger charge is 2.24. The van der Waals surface area contributed by atoms with Crippen molar-refractivity contribution in [3.05, 3.63) is 70.9 Å². The van der Waals surface area contributed by atoms with Crippen molar-refractivity contribution in [2.45, 2.75) is 25.8 Å². The van der Waals surface area contributed by atoms with Gasteiger partial charge in [-0.2, -0.15) is 0 Å². The lowest BCUT2D eigenvalue weighted by molar-refractivity contribution is 0.101. The van der Waals surface area contributed by atoms with E-state index in [1.807, 2.05) is 18.2 Å². The van der Waals surface area contributed by atoms with Gasteiger partial charge >= 0.3 is 0 Å². The van der Waals surface area contributed by atoms with E-state index in [4.69, 9.17) is 0 Å². The summed E-state index contributed by atoms with van der Waals surface area (Å²) in [6, 6.07) is 16.9. The molecule has 0 saturated carbocycles. The van der Waals surface area contributed by atoms with E-state index in [9.17, 15) is 4.79 Å². The van der Waals surface area contributed by atoms with Crippen molar-refractivity contribution >= 4 is 29.1 Å². The molecule has 1 atom stereocenters. The summed E-state index contributed by atoms with van der Waals surface area (Å²) < 4.78 is 0. The number of rotatable bonds is 3. The number of hydrogen-bond donors (Lipinski definition) is 2. The SMILES string of the molecule is CC(=O)c1ccc2[nH]c3c(c2c1)CCNC3Cc1ccccc1.Cl. The van der Waals surface area contributed by atoms with Crippen LogP contribution in [0.25, 0.3) is 10.9 Å². The highest BCUT2D eigenvalue weighted by Crippen LogP contribution is 2.32. The summed E-state index contributed by atoms with van der Waals surface area (Å²) in [4.78, 5) is 15.2. The molecule has 0 fully saturated rings. The Morgan fingerprint density at radius 2 is 1.96 bits per heavy atom. The van der Waals surface area contributed by atoms with Crippen molar-refractivity contribution in [1.29, 1.82) is 0 Å². The number of benzene rings is 2. The molecule has 0 saturated heterocycles. The number of carbonyl (C=O) groups excluding carboxylic acids is 1. The standard InChI is InChI=1S/C20H20N2O.ClH/c1-13(23)15-7-8-18-17(12-15)16-9-10-21-19(20(16)22-18)11-14-5-3-2-4-6-14;/h2-8,12,19,21-22H,9-11H2,1H3;1H. The highest BCUT2D eigenvalue weighted by molar-refractivity contribution is 5.99. The van der Waals surface area contributed by atoms with Crippen LogP contribution < -0.4 is 5.32 Å². The fraction of sp³-hybridized carbons (Fsp3) is 0.250. The number of halogens is 1. The Morgan fingerprint density at radius 3 is 2.71 bits per heavy atom. The molecule has 2 heterocycles. The average molecular weight is 341 g/mol. The molecular weight excluding hydrogens is 320 g/mol. The fourth-order valence-corrected chi connectivity index (χ4v) is 3.55. The van der Waals surface area contributed by atoms with E-state index in [2.05, 4.69) is 40.6 Å². The van der Waals surface area contributed by atoms with Gasteiger partial charge < -0.3 is 10.3 Å². The number of carbonyl (C=O) groups is 1. The maximum absolute atomic E-state index is 11.7. The van der Waals surface area contributed by atoms with Gasteiger partial charge in [-0.1, -0.05) is 30.3 Å². The van der Waals surface area contributed by atoms with Crippen LogP contribution in [0.2, 0.25) is 0 Å². The van der Waals surface area contributed by atoms with Crippen molar-refractivity contribution in [2.24, 2.45) is 0 Å². The second-order valence-corrected chi connectivity index (χ2v) is 6.28. The van der Waals surface area contributed by atoms with E-state index >= 15 is 0 Å². The summed E-state index contributed by atoms with van der Waals surface area (Å²) in [5.41, 5.74) is 5.89. The maximum atomic E-state index is 11.7. The third-order valence-electron chi connectivity index (χ3n) is 4.74. The van der Waals surface area contributed by atoms with Crippen LogP contribution >= 0.6 is 12.4 Å². The predicted molar refractivity (Wildman–Crippen MR) is 100 cm³/mol. The van der Waals surface area contributed by atoms with Crippen LogP contribution in [0.1, 0.15) is 40.1 Å².